The third kappa shape index (κ3) is 5.05. The lowest BCUT2D eigenvalue weighted by molar-refractivity contribution is -0.134. The van der Waals surface area contributed by atoms with Gasteiger partial charge in [0.15, 0.2) is 11.5 Å². The number of rotatable bonds is 3. The Kier molecular flexibility index (Phi) is 6.43. The van der Waals surface area contributed by atoms with Gasteiger partial charge in [-0.05, 0) is 12.5 Å². The molecule has 88 valence electrons. The molecule has 0 unspecified atom stereocenters. The van der Waals surface area contributed by atoms with Crippen LogP contribution in [0.3, 0.4) is 0 Å². The molecule has 0 aliphatic heterocycles. The Bertz CT molecular complexity index is 354. The summed E-state index contributed by atoms with van der Waals surface area (Å²) in [6, 6.07) is 5.42. The van der Waals surface area contributed by atoms with E-state index in [4.69, 9.17) is 14.6 Å². The van der Waals surface area contributed by atoms with Crippen molar-refractivity contribution in [2.24, 2.45) is 0 Å². The Morgan fingerprint density at radius 2 is 2.12 bits per heavy atom. The number of para-hydroxylation sites is 1. The first-order valence-electron chi connectivity index (χ1n) is 4.68. The van der Waals surface area contributed by atoms with E-state index in [9.17, 15) is 5.11 Å². The van der Waals surface area contributed by atoms with E-state index in [2.05, 4.69) is 6.58 Å². The van der Waals surface area contributed by atoms with Crippen molar-refractivity contribution in [3.05, 3.63) is 36.4 Å². The maximum atomic E-state index is 9.55. The van der Waals surface area contributed by atoms with Crippen LogP contribution in [0.25, 0.3) is 0 Å². The lowest BCUT2D eigenvalue weighted by Gasteiger charge is -2.06. The first-order chi connectivity index (χ1) is 7.52. The fourth-order valence-corrected chi connectivity index (χ4v) is 1.05. The molecule has 0 atom stereocenters. The monoisotopic (exact) mass is 224 g/mol. The van der Waals surface area contributed by atoms with Gasteiger partial charge in [-0.3, -0.25) is 4.79 Å². The van der Waals surface area contributed by atoms with E-state index in [0.717, 1.165) is 12.5 Å². The second kappa shape index (κ2) is 7.34. The highest BCUT2D eigenvalue weighted by atomic mass is 16.5. The molecule has 0 saturated heterocycles. The van der Waals surface area contributed by atoms with Gasteiger partial charge in [0.2, 0.25) is 0 Å². The number of methoxy groups -OCH3 is 1. The van der Waals surface area contributed by atoms with Crippen LogP contribution in [0.5, 0.6) is 11.5 Å². The summed E-state index contributed by atoms with van der Waals surface area (Å²) < 4.78 is 4.95. The number of ether oxygens (including phenoxy) is 1. The first-order valence-corrected chi connectivity index (χ1v) is 4.68. The summed E-state index contributed by atoms with van der Waals surface area (Å²) in [7, 11) is 1.53. The van der Waals surface area contributed by atoms with E-state index in [1.54, 1.807) is 12.1 Å². The number of aromatic hydroxyl groups is 1. The molecular formula is C12H16O4. The summed E-state index contributed by atoms with van der Waals surface area (Å²) in [6.07, 6.45) is 2.40. The van der Waals surface area contributed by atoms with Crippen molar-refractivity contribution >= 4 is 5.97 Å². The highest BCUT2D eigenvalue weighted by Gasteiger charge is 2.04. The molecule has 0 saturated carbocycles. The van der Waals surface area contributed by atoms with Gasteiger partial charge in [0.05, 0.1) is 7.11 Å². The van der Waals surface area contributed by atoms with Crippen LogP contribution in [0.15, 0.2) is 30.9 Å². The quantitative estimate of drug-likeness (QED) is 0.772. The third-order valence-corrected chi connectivity index (χ3v) is 1.67. The molecule has 16 heavy (non-hydrogen) atoms. The summed E-state index contributed by atoms with van der Waals surface area (Å²) >= 11 is 0. The number of phenols is 1. The molecule has 0 amide bonds. The maximum Gasteiger partial charge on any atom is 0.300 e. The minimum atomic E-state index is -0.833. The summed E-state index contributed by atoms with van der Waals surface area (Å²) in [5.74, 6) is -0.116. The fraction of sp³-hybridized carbons (Fsp3) is 0.250. The van der Waals surface area contributed by atoms with Crippen molar-refractivity contribution in [2.75, 3.05) is 7.11 Å². The SMILES string of the molecule is C=CCc1cccc(OC)c1O.CC(=O)O. The molecule has 2 N–H and O–H groups in total. The number of aliphatic carboxylic acids is 1. The minimum absolute atomic E-state index is 0.208. The van der Waals surface area contributed by atoms with Crippen LogP contribution >= 0.6 is 0 Å². The van der Waals surface area contributed by atoms with Crippen molar-refractivity contribution in [1.82, 2.24) is 0 Å². The molecule has 0 aromatic heterocycles. The zero-order valence-corrected chi connectivity index (χ0v) is 9.43. The van der Waals surface area contributed by atoms with Gasteiger partial charge in [-0.2, -0.15) is 0 Å². The molecule has 4 heteroatoms. The highest BCUT2D eigenvalue weighted by Crippen LogP contribution is 2.29. The Labute approximate surface area is 94.8 Å². The molecule has 1 aromatic rings. The number of hydrogen-bond donors (Lipinski definition) is 2. The lowest BCUT2D eigenvalue weighted by atomic mass is 10.1. The molecule has 0 heterocycles. The molecule has 0 aliphatic rings. The van der Waals surface area contributed by atoms with Crippen molar-refractivity contribution in [1.29, 1.82) is 0 Å². The van der Waals surface area contributed by atoms with Gasteiger partial charge in [-0.15, -0.1) is 6.58 Å². The lowest BCUT2D eigenvalue weighted by Crippen LogP contribution is -1.87. The first kappa shape index (κ1) is 14.0. The van der Waals surface area contributed by atoms with Crippen LogP contribution in [0, 0.1) is 0 Å². The second-order valence-corrected chi connectivity index (χ2v) is 2.98. The van der Waals surface area contributed by atoms with Crippen molar-refractivity contribution < 1.29 is 19.7 Å². The van der Waals surface area contributed by atoms with Crippen molar-refractivity contribution in [3.63, 3.8) is 0 Å². The van der Waals surface area contributed by atoms with Crippen molar-refractivity contribution in [3.8, 4) is 11.5 Å². The topological polar surface area (TPSA) is 66.8 Å². The maximum absolute atomic E-state index is 9.55. The van der Waals surface area contributed by atoms with Gasteiger partial charge in [0, 0.05) is 12.5 Å². The van der Waals surface area contributed by atoms with Gasteiger partial charge < -0.3 is 14.9 Å². The largest absolute Gasteiger partial charge is 0.504 e. The number of carboxylic acid groups (broad SMARTS) is 1. The van der Waals surface area contributed by atoms with E-state index in [1.165, 1.54) is 7.11 Å². The predicted octanol–water partition coefficient (Wildman–Crippen LogP) is 2.22. The summed E-state index contributed by atoms with van der Waals surface area (Å²) in [5, 5.41) is 17.0. The molecule has 0 aliphatic carbocycles. The third-order valence-electron chi connectivity index (χ3n) is 1.67. The number of hydrogen-bond acceptors (Lipinski definition) is 3. The van der Waals surface area contributed by atoms with Crippen molar-refractivity contribution in [2.45, 2.75) is 13.3 Å². The van der Waals surface area contributed by atoms with Crippen LogP contribution in [0.1, 0.15) is 12.5 Å². The molecule has 1 aromatic carbocycles. The molecule has 4 nitrogen and oxygen atoms in total. The van der Waals surface area contributed by atoms with Gasteiger partial charge in [0.25, 0.3) is 5.97 Å². The Hall–Kier alpha value is -1.97. The standard InChI is InChI=1S/C10H12O2.C2H4O2/c1-3-5-8-6-4-7-9(12-2)10(8)11;1-2(3)4/h3-4,6-7,11H,1,5H2,2H3;1H3,(H,3,4). The fourth-order valence-electron chi connectivity index (χ4n) is 1.05. The smallest absolute Gasteiger partial charge is 0.300 e. The Morgan fingerprint density at radius 1 is 1.56 bits per heavy atom. The summed E-state index contributed by atoms with van der Waals surface area (Å²) in [4.78, 5) is 9.00. The van der Waals surface area contributed by atoms with Crippen LogP contribution in [-0.2, 0) is 11.2 Å². The molecular weight excluding hydrogens is 208 g/mol. The van der Waals surface area contributed by atoms with Gasteiger partial charge in [-0.1, -0.05) is 18.2 Å². The van der Waals surface area contributed by atoms with Gasteiger partial charge in [0.1, 0.15) is 0 Å². The molecule has 1 rings (SSSR count). The normalized spacial score (nSPS) is 8.62. The molecule has 0 spiro atoms. The van der Waals surface area contributed by atoms with E-state index in [0.29, 0.717) is 12.2 Å². The highest BCUT2D eigenvalue weighted by molar-refractivity contribution is 5.62. The second-order valence-electron chi connectivity index (χ2n) is 2.98. The van der Waals surface area contributed by atoms with Crippen LogP contribution < -0.4 is 4.74 Å². The van der Waals surface area contributed by atoms with Crippen LogP contribution in [0.4, 0.5) is 0 Å². The Balaban J connectivity index is 0.000000487. The van der Waals surface area contributed by atoms with E-state index in [-0.39, 0.29) is 5.75 Å². The molecule has 0 bridgehead atoms. The summed E-state index contributed by atoms with van der Waals surface area (Å²) in [5.41, 5.74) is 0.837. The average molecular weight is 224 g/mol. The van der Waals surface area contributed by atoms with Gasteiger partial charge in [-0.25, -0.2) is 0 Å². The number of carboxylic acids is 1. The zero-order chi connectivity index (χ0) is 12.6. The number of benzene rings is 1. The van der Waals surface area contributed by atoms with Crippen LogP contribution in [0.2, 0.25) is 0 Å². The van der Waals surface area contributed by atoms with E-state index in [1.807, 2.05) is 12.1 Å². The van der Waals surface area contributed by atoms with Gasteiger partial charge >= 0.3 is 0 Å². The van der Waals surface area contributed by atoms with Crippen LogP contribution in [-0.4, -0.2) is 23.3 Å². The Morgan fingerprint density at radius 3 is 2.56 bits per heavy atom. The number of phenolic OH excluding ortho intramolecular Hbond substituents is 1. The number of carbonyl (C=O) groups is 1. The predicted molar refractivity (Wildman–Crippen MR) is 61.9 cm³/mol. The average Bonchev–Trinajstić information content (AvgIpc) is 2.21. The zero-order valence-electron chi connectivity index (χ0n) is 9.43. The van der Waals surface area contributed by atoms with E-state index < -0.39 is 5.97 Å². The van der Waals surface area contributed by atoms with E-state index >= 15 is 0 Å². The summed E-state index contributed by atoms with van der Waals surface area (Å²) in [6.45, 7) is 4.68. The minimum Gasteiger partial charge on any atom is -0.504 e. The molecule has 0 fully saturated rings. The number of allylic oxidation sites excluding steroid dienone is 1. The molecule has 0 radical (unpaired) electrons.